The molecule has 0 amide bonds. The van der Waals surface area contributed by atoms with Gasteiger partial charge in [0.2, 0.25) is 0 Å². The van der Waals surface area contributed by atoms with Gasteiger partial charge in [0.25, 0.3) is 0 Å². The van der Waals surface area contributed by atoms with Crippen LogP contribution < -0.4 is 10.6 Å². The summed E-state index contributed by atoms with van der Waals surface area (Å²) in [7, 11) is 0. The third kappa shape index (κ3) is 9.95. The summed E-state index contributed by atoms with van der Waals surface area (Å²) < 4.78 is 5.97. The Morgan fingerprint density at radius 1 is 1.14 bits per heavy atom. The van der Waals surface area contributed by atoms with Crippen LogP contribution in [-0.2, 0) is 4.74 Å². The molecule has 0 saturated carbocycles. The smallest absolute Gasteiger partial charge is 0.113 e. The molecular formula is C25H50N2O2. The maximum absolute atomic E-state index is 10.7. The summed E-state index contributed by atoms with van der Waals surface area (Å²) in [6, 6.07) is 0.385. The Morgan fingerprint density at radius 2 is 1.79 bits per heavy atom. The van der Waals surface area contributed by atoms with Crippen LogP contribution in [0.25, 0.3) is 0 Å². The molecule has 0 aromatic heterocycles. The number of hydrogen-bond acceptors (Lipinski definition) is 4. The second kappa shape index (κ2) is 10.7. The number of nitrogens with one attached hydrogen (secondary N) is 2. The van der Waals surface area contributed by atoms with E-state index in [4.69, 9.17) is 4.74 Å². The molecule has 2 atom stereocenters. The van der Waals surface area contributed by atoms with E-state index in [-0.39, 0.29) is 16.6 Å². The van der Waals surface area contributed by atoms with Gasteiger partial charge >= 0.3 is 0 Å². The lowest BCUT2D eigenvalue weighted by Crippen LogP contribution is -2.55. The molecule has 0 bridgehead atoms. The minimum Gasteiger partial charge on any atom is -0.376 e. The van der Waals surface area contributed by atoms with Crippen molar-refractivity contribution in [1.82, 2.24) is 10.6 Å². The zero-order valence-corrected chi connectivity index (χ0v) is 20.7. The first-order chi connectivity index (χ1) is 13.2. The molecule has 0 aromatic rings. The first kappa shape index (κ1) is 26.6. The van der Waals surface area contributed by atoms with Gasteiger partial charge in [0.1, 0.15) is 5.72 Å². The molecule has 0 spiro atoms. The van der Waals surface area contributed by atoms with Crippen molar-refractivity contribution in [1.29, 1.82) is 0 Å². The molecule has 1 saturated heterocycles. The van der Waals surface area contributed by atoms with E-state index in [1.165, 1.54) is 5.57 Å². The standard InChI is InChI=1S/C25H50N2O2/c1-10-11-18-29-24(7,8)15-16-25(9,28)26-17-13-12-14-21-20(2)22(3,4)19-23(5,6)27-21/h21,26-28H,2,10-19H2,1,3-9H3. The Balaban J connectivity index is 2.31. The first-order valence-electron chi connectivity index (χ1n) is 11.8. The molecular weight excluding hydrogens is 360 g/mol. The minimum atomic E-state index is -0.845. The number of hydrogen-bond donors (Lipinski definition) is 3. The first-order valence-corrected chi connectivity index (χ1v) is 11.8. The van der Waals surface area contributed by atoms with Crippen LogP contribution in [0.2, 0.25) is 0 Å². The maximum Gasteiger partial charge on any atom is 0.113 e. The number of unbranched alkanes of at least 4 members (excludes halogenated alkanes) is 2. The monoisotopic (exact) mass is 410 g/mol. The van der Waals surface area contributed by atoms with Gasteiger partial charge in [-0.3, -0.25) is 5.32 Å². The zero-order valence-electron chi connectivity index (χ0n) is 20.7. The Labute approximate surface area is 181 Å². The lowest BCUT2D eigenvalue weighted by Gasteiger charge is -2.48. The molecule has 1 rings (SSSR count). The van der Waals surface area contributed by atoms with Crippen LogP contribution in [-0.4, -0.2) is 41.2 Å². The van der Waals surface area contributed by atoms with Crippen molar-refractivity contribution in [3.63, 3.8) is 0 Å². The van der Waals surface area contributed by atoms with Crippen molar-refractivity contribution < 1.29 is 9.84 Å². The second-order valence-corrected chi connectivity index (χ2v) is 11.3. The normalized spacial score (nSPS) is 23.8. The molecule has 29 heavy (non-hydrogen) atoms. The lowest BCUT2D eigenvalue weighted by atomic mass is 9.68. The van der Waals surface area contributed by atoms with Crippen LogP contribution in [0.4, 0.5) is 0 Å². The van der Waals surface area contributed by atoms with Crippen LogP contribution in [0.5, 0.6) is 0 Å². The van der Waals surface area contributed by atoms with E-state index < -0.39 is 5.72 Å². The number of piperidine rings is 1. The van der Waals surface area contributed by atoms with Crippen LogP contribution >= 0.6 is 0 Å². The van der Waals surface area contributed by atoms with E-state index in [9.17, 15) is 5.11 Å². The molecule has 1 heterocycles. The average molecular weight is 411 g/mol. The van der Waals surface area contributed by atoms with Gasteiger partial charge in [-0.1, -0.05) is 45.8 Å². The lowest BCUT2D eigenvalue weighted by molar-refractivity contribution is -0.0540. The predicted molar refractivity (Wildman–Crippen MR) is 125 cm³/mol. The summed E-state index contributed by atoms with van der Waals surface area (Å²) in [5.74, 6) is 0. The number of rotatable bonds is 13. The van der Waals surface area contributed by atoms with Crippen molar-refractivity contribution in [2.45, 2.75) is 130 Å². The number of ether oxygens (including phenoxy) is 1. The zero-order chi connectivity index (χ0) is 22.3. The van der Waals surface area contributed by atoms with E-state index in [1.807, 2.05) is 6.92 Å². The molecule has 0 aliphatic carbocycles. The maximum atomic E-state index is 10.7. The second-order valence-electron chi connectivity index (χ2n) is 11.3. The van der Waals surface area contributed by atoms with Crippen molar-refractivity contribution in [3.8, 4) is 0 Å². The summed E-state index contributed by atoms with van der Waals surface area (Å²) in [6.45, 7) is 23.5. The van der Waals surface area contributed by atoms with E-state index in [0.29, 0.717) is 12.5 Å². The molecule has 2 unspecified atom stereocenters. The van der Waals surface area contributed by atoms with Crippen molar-refractivity contribution in [2.24, 2.45) is 5.41 Å². The molecule has 3 N–H and O–H groups in total. The molecule has 4 nitrogen and oxygen atoms in total. The van der Waals surface area contributed by atoms with Crippen LogP contribution in [0.15, 0.2) is 12.2 Å². The summed E-state index contributed by atoms with van der Waals surface area (Å²) in [5, 5.41) is 17.8. The van der Waals surface area contributed by atoms with E-state index >= 15 is 0 Å². The van der Waals surface area contributed by atoms with Gasteiger partial charge in [0.05, 0.1) is 5.60 Å². The minimum absolute atomic E-state index is 0.156. The molecule has 1 fully saturated rings. The van der Waals surface area contributed by atoms with Gasteiger partial charge in [-0.15, -0.1) is 0 Å². The Hall–Kier alpha value is -0.420. The van der Waals surface area contributed by atoms with E-state index in [2.05, 4.69) is 65.7 Å². The van der Waals surface area contributed by atoms with Crippen molar-refractivity contribution in [3.05, 3.63) is 12.2 Å². The van der Waals surface area contributed by atoms with Crippen molar-refractivity contribution >= 4 is 0 Å². The average Bonchev–Trinajstić information content (AvgIpc) is 2.56. The van der Waals surface area contributed by atoms with Crippen molar-refractivity contribution in [2.75, 3.05) is 13.2 Å². The summed E-state index contributed by atoms with van der Waals surface area (Å²) in [6.07, 6.45) is 8.17. The van der Waals surface area contributed by atoms with Gasteiger partial charge in [-0.25, -0.2) is 0 Å². The highest BCUT2D eigenvalue weighted by molar-refractivity contribution is 5.21. The third-order valence-electron chi connectivity index (χ3n) is 6.37. The highest BCUT2D eigenvalue weighted by Gasteiger charge is 2.40. The molecule has 4 heteroatoms. The fourth-order valence-corrected chi connectivity index (χ4v) is 4.58. The Bertz CT molecular complexity index is 509. The predicted octanol–water partition coefficient (Wildman–Crippen LogP) is 5.55. The van der Waals surface area contributed by atoms with Gasteiger partial charge in [-0.05, 0) is 85.1 Å². The fourth-order valence-electron chi connectivity index (χ4n) is 4.58. The van der Waals surface area contributed by atoms with Crippen LogP contribution in [0.1, 0.15) is 107 Å². The summed E-state index contributed by atoms with van der Waals surface area (Å²) in [4.78, 5) is 0. The Morgan fingerprint density at radius 3 is 2.41 bits per heavy atom. The van der Waals surface area contributed by atoms with Gasteiger partial charge in [-0.2, -0.15) is 0 Å². The van der Waals surface area contributed by atoms with Gasteiger partial charge in [0, 0.05) is 18.2 Å². The highest BCUT2D eigenvalue weighted by Crippen LogP contribution is 2.41. The van der Waals surface area contributed by atoms with Crippen LogP contribution in [0, 0.1) is 5.41 Å². The van der Waals surface area contributed by atoms with Gasteiger partial charge in [0.15, 0.2) is 0 Å². The third-order valence-corrected chi connectivity index (χ3v) is 6.37. The SMILES string of the molecule is C=C1C(CCCCNC(C)(O)CCC(C)(C)OCCCC)NC(C)(C)CC1(C)C. The molecule has 0 aromatic carbocycles. The van der Waals surface area contributed by atoms with E-state index in [1.54, 1.807) is 0 Å². The molecule has 1 aliphatic heterocycles. The largest absolute Gasteiger partial charge is 0.376 e. The molecule has 172 valence electrons. The van der Waals surface area contributed by atoms with E-state index in [0.717, 1.165) is 58.1 Å². The Kier molecular flexibility index (Phi) is 9.86. The quantitative estimate of drug-likeness (QED) is 0.212. The summed E-state index contributed by atoms with van der Waals surface area (Å²) >= 11 is 0. The topological polar surface area (TPSA) is 53.5 Å². The highest BCUT2D eigenvalue weighted by atomic mass is 16.5. The summed E-state index contributed by atoms with van der Waals surface area (Å²) in [5.41, 5.74) is 0.647. The molecule has 0 radical (unpaired) electrons. The fraction of sp³-hybridized carbons (Fsp3) is 0.920. The number of aliphatic hydroxyl groups is 1. The molecule has 1 aliphatic rings. The van der Waals surface area contributed by atoms with Gasteiger partial charge < -0.3 is 15.2 Å². The van der Waals surface area contributed by atoms with Crippen LogP contribution in [0.3, 0.4) is 0 Å².